The van der Waals surface area contributed by atoms with Gasteiger partial charge in [0.25, 0.3) is 5.91 Å². The van der Waals surface area contributed by atoms with Crippen molar-refractivity contribution < 1.29 is 19.2 Å². The van der Waals surface area contributed by atoms with E-state index in [-0.39, 0.29) is 43.5 Å². The van der Waals surface area contributed by atoms with Crippen LogP contribution in [0.5, 0.6) is 0 Å². The largest absolute Gasteiger partial charge is 0.348 e. The van der Waals surface area contributed by atoms with E-state index in [0.717, 1.165) is 6.42 Å². The van der Waals surface area contributed by atoms with E-state index >= 15 is 0 Å². The maximum absolute atomic E-state index is 13.2. The van der Waals surface area contributed by atoms with Gasteiger partial charge in [0.05, 0.1) is 13.0 Å². The number of carbonyl (C=O) groups is 4. The van der Waals surface area contributed by atoms with Gasteiger partial charge >= 0.3 is 0 Å². The average molecular weight is 439 g/mol. The van der Waals surface area contributed by atoms with Crippen LogP contribution in [-0.4, -0.2) is 53.5 Å². The Kier molecular flexibility index (Phi) is 9.53. The molecular weight excluding hydrogens is 408 g/mol. The van der Waals surface area contributed by atoms with Gasteiger partial charge in [-0.15, -0.1) is 0 Å². The number of aliphatic imine (C=N–C) groups is 1. The van der Waals surface area contributed by atoms with Gasteiger partial charge in [-0.25, -0.2) is 0 Å². The third-order valence-corrected chi connectivity index (χ3v) is 5.02. The summed E-state index contributed by atoms with van der Waals surface area (Å²) in [6.07, 6.45) is 13.5. The van der Waals surface area contributed by atoms with Crippen molar-refractivity contribution >= 4 is 29.5 Å². The summed E-state index contributed by atoms with van der Waals surface area (Å²) in [5.74, 6) is -1.05. The molecule has 1 unspecified atom stereocenters. The van der Waals surface area contributed by atoms with E-state index in [0.29, 0.717) is 23.5 Å². The van der Waals surface area contributed by atoms with Gasteiger partial charge in [-0.2, -0.15) is 0 Å². The number of hydrogen-bond acceptors (Lipinski definition) is 5. The third-order valence-electron chi connectivity index (χ3n) is 5.02. The molecule has 1 atom stereocenters. The molecule has 4 amide bonds. The summed E-state index contributed by atoms with van der Waals surface area (Å²) in [5, 5.41) is 5.11. The Morgan fingerprint density at radius 3 is 2.84 bits per heavy atom. The molecule has 1 saturated heterocycles. The van der Waals surface area contributed by atoms with E-state index in [9.17, 15) is 19.2 Å². The fraction of sp³-hybridized carbons (Fsp3) is 0.375. The van der Waals surface area contributed by atoms with E-state index < -0.39 is 11.9 Å². The van der Waals surface area contributed by atoms with Gasteiger partial charge in [-0.1, -0.05) is 50.0 Å². The molecule has 32 heavy (non-hydrogen) atoms. The molecule has 2 rings (SSSR count). The van der Waals surface area contributed by atoms with Crippen LogP contribution >= 0.6 is 0 Å². The molecule has 170 valence electrons. The molecule has 0 aromatic rings. The Bertz CT molecular complexity index is 924. The predicted molar refractivity (Wildman–Crippen MR) is 124 cm³/mol. The second-order valence-corrected chi connectivity index (χ2v) is 7.39. The maximum Gasteiger partial charge on any atom is 0.251 e. The normalized spacial score (nSPS) is 24.8. The zero-order chi connectivity index (χ0) is 23.5. The van der Waals surface area contributed by atoms with Crippen LogP contribution in [0.2, 0.25) is 0 Å². The monoisotopic (exact) mass is 438 g/mol. The van der Waals surface area contributed by atoms with Gasteiger partial charge in [0.1, 0.15) is 11.9 Å². The molecule has 8 heteroatoms. The lowest BCUT2D eigenvalue weighted by molar-refractivity contribution is -0.142. The van der Waals surface area contributed by atoms with Crippen molar-refractivity contribution in [2.45, 2.75) is 45.6 Å². The topological polar surface area (TPSA) is 108 Å². The zero-order valence-corrected chi connectivity index (χ0v) is 18.6. The smallest absolute Gasteiger partial charge is 0.251 e. The molecule has 0 bridgehead atoms. The van der Waals surface area contributed by atoms with E-state index in [4.69, 9.17) is 0 Å². The second-order valence-electron chi connectivity index (χ2n) is 7.39. The Morgan fingerprint density at radius 1 is 1.38 bits per heavy atom. The van der Waals surface area contributed by atoms with Crippen molar-refractivity contribution in [3.63, 3.8) is 0 Å². The highest BCUT2D eigenvalue weighted by molar-refractivity contribution is 6.07. The van der Waals surface area contributed by atoms with Gasteiger partial charge in [-0.05, 0) is 31.4 Å². The highest BCUT2D eigenvalue weighted by Crippen LogP contribution is 2.17. The molecule has 2 heterocycles. The molecule has 0 aromatic heterocycles. The molecule has 2 N–H and O–H groups in total. The number of allylic oxidation sites excluding steroid dienone is 5. The van der Waals surface area contributed by atoms with Crippen molar-refractivity contribution in [3.8, 4) is 0 Å². The molecule has 2 aliphatic rings. The van der Waals surface area contributed by atoms with Crippen molar-refractivity contribution in [2.75, 3.05) is 13.1 Å². The minimum atomic E-state index is -0.788. The van der Waals surface area contributed by atoms with E-state index in [2.05, 4.69) is 22.2 Å². The highest BCUT2D eigenvalue weighted by atomic mass is 16.2. The number of hydrogen-bond donors (Lipinski definition) is 2. The van der Waals surface area contributed by atoms with E-state index in [1.807, 2.05) is 19.1 Å². The molecule has 2 aliphatic heterocycles. The summed E-state index contributed by atoms with van der Waals surface area (Å²) in [6, 6.07) is -0.788. The van der Waals surface area contributed by atoms with Crippen LogP contribution < -0.4 is 10.6 Å². The summed E-state index contributed by atoms with van der Waals surface area (Å²) >= 11 is 0. The van der Waals surface area contributed by atoms with Gasteiger partial charge in [0, 0.05) is 18.5 Å². The van der Waals surface area contributed by atoms with Crippen LogP contribution in [0.1, 0.15) is 39.5 Å². The summed E-state index contributed by atoms with van der Waals surface area (Å²) in [4.78, 5) is 55.2. The van der Waals surface area contributed by atoms with Crippen LogP contribution in [0.3, 0.4) is 0 Å². The number of nitrogens with one attached hydrogen (secondary N) is 2. The molecule has 8 nitrogen and oxygen atoms in total. The quantitative estimate of drug-likeness (QED) is 0.361. The number of imide groups is 1. The molecule has 0 spiro atoms. The summed E-state index contributed by atoms with van der Waals surface area (Å²) in [6.45, 7) is 7.85. The minimum Gasteiger partial charge on any atom is -0.348 e. The molecule has 0 aliphatic carbocycles. The van der Waals surface area contributed by atoms with E-state index in [1.54, 1.807) is 31.2 Å². The third kappa shape index (κ3) is 7.01. The fourth-order valence-corrected chi connectivity index (χ4v) is 3.33. The summed E-state index contributed by atoms with van der Waals surface area (Å²) in [5.41, 5.74) is 1.10. The first-order chi connectivity index (χ1) is 15.4. The highest BCUT2D eigenvalue weighted by Gasteiger charge is 2.36. The molecule has 1 fully saturated rings. The first kappa shape index (κ1) is 24.7. The van der Waals surface area contributed by atoms with Crippen LogP contribution in [0.4, 0.5) is 0 Å². The van der Waals surface area contributed by atoms with Crippen LogP contribution in [0, 0.1) is 0 Å². The number of amidine groups is 1. The van der Waals surface area contributed by atoms with Crippen molar-refractivity contribution in [2.24, 2.45) is 4.99 Å². The number of rotatable bonds is 7. The van der Waals surface area contributed by atoms with Crippen LogP contribution in [0.15, 0.2) is 65.2 Å². The zero-order valence-electron chi connectivity index (χ0n) is 18.6. The number of amides is 4. The first-order valence-electron chi connectivity index (χ1n) is 10.7. The van der Waals surface area contributed by atoms with Crippen LogP contribution in [0.25, 0.3) is 0 Å². The summed E-state index contributed by atoms with van der Waals surface area (Å²) < 4.78 is 0. The molecule has 0 radical (unpaired) electrons. The number of piperidine rings is 1. The molecule has 0 saturated carbocycles. The standard InChI is InChI=1S/C24H30N4O4/c1-4-6-7-11-19(5-2)23(31)26-16-18-10-8-9-14-25-17(3)28(22(30)15-18)20-12-13-21(29)27-24(20)32/h5-11,20H,2,4,12-16H2,1,3H3,(H,26,31)(H,27,29,32)/b7-6-,9-8-,18-10+,19-11+,25-17-. The van der Waals surface area contributed by atoms with Crippen molar-refractivity contribution in [3.05, 3.63) is 60.3 Å². The average Bonchev–Trinajstić information content (AvgIpc) is 2.75. The van der Waals surface area contributed by atoms with Gasteiger partial charge in [-0.3, -0.25) is 34.4 Å². The number of nitrogens with zero attached hydrogens (tertiary/aromatic N) is 2. The predicted octanol–water partition coefficient (Wildman–Crippen LogP) is 2.12. The lowest BCUT2D eigenvalue weighted by Crippen LogP contribution is -2.56. The maximum atomic E-state index is 13.2. The second kappa shape index (κ2) is 12.3. The molecular formula is C24H30N4O4. The van der Waals surface area contributed by atoms with Gasteiger partial charge in [0.15, 0.2) is 0 Å². The van der Waals surface area contributed by atoms with Gasteiger partial charge < -0.3 is 5.32 Å². The fourth-order valence-electron chi connectivity index (χ4n) is 3.33. The van der Waals surface area contributed by atoms with Crippen molar-refractivity contribution in [1.29, 1.82) is 0 Å². The lowest BCUT2D eigenvalue weighted by atomic mass is 10.0. The van der Waals surface area contributed by atoms with Crippen LogP contribution in [-0.2, 0) is 19.2 Å². The van der Waals surface area contributed by atoms with E-state index in [1.165, 1.54) is 11.0 Å². The Morgan fingerprint density at radius 2 is 2.16 bits per heavy atom. The summed E-state index contributed by atoms with van der Waals surface area (Å²) in [7, 11) is 0. The number of carbonyl (C=O) groups excluding carboxylic acids is 4. The first-order valence-corrected chi connectivity index (χ1v) is 10.7. The molecule has 0 aromatic carbocycles. The Balaban J connectivity index is 2.16. The lowest BCUT2D eigenvalue weighted by Gasteiger charge is -2.33. The Labute approximate surface area is 188 Å². The SMILES string of the molecule is C=C/C(=C\C=C/CC)C(=O)NC/C1=C/C=C\C/N=C(/C)N(C2CCC(=O)NC2=O)C(=O)C1. The minimum absolute atomic E-state index is 0.00190. The van der Waals surface area contributed by atoms with Crippen molar-refractivity contribution in [1.82, 2.24) is 15.5 Å². The Hall–Kier alpha value is -3.55. The van der Waals surface area contributed by atoms with Gasteiger partial charge in [0.2, 0.25) is 17.7 Å².